The maximum atomic E-state index is 4.71. The fourth-order valence-electron chi connectivity index (χ4n) is 2.15. The van der Waals surface area contributed by atoms with E-state index >= 15 is 0 Å². The Balaban J connectivity index is 2.64. The molecule has 0 amide bonds. The molecule has 0 spiro atoms. The van der Waals surface area contributed by atoms with Gasteiger partial charge in [0.15, 0.2) is 0 Å². The van der Waals surface area contributed by atoms with E-state index in [0.29, 0.717) is 5.92 Å². The molecule has 0 radical (unpaired) electrons. The summed E-state index contributed by atoms with van der Waals surface area (Å²) >= 11 is 1.83. The molecule has 0 aliphatic heterocycles. The van der Waals surface area contributed by atoms with Gasteiger partial charge in [-0.1, -0.05) is 34.6 Å². The number of hydrogen-bond donors (Lipinski definition) is 0. The van der Waals surface area contributed by atoms with Gasteiger partial charge in [-0.3, -0.25) is 0 Å². The molecule has 17 heavy (non-hydrogen) atoms. The van der Waals surface area contributed by atoms with Crippen molar-refractivity contribution in [3.05, 3.63) is 28.3 Å². The van der Waals surface area contributed by atoms with Gasteiger partial charge in [0.1, 0.15) is 0 Å². The highest BCUT2D eigenvalue weighted by atomic mass is 32.1. The quantitative estimate of drug-likeness (QED) is 0.689. The van der Waals surface area contributed by atoms with Gasteiger partial charge in [0.25, 0.3) is 0 Å². The highest BCUT2D eigenvalue weighted by molar-refractivity contribution is 7.18. The average Bonchev–Trinajstić information content (AvgIpc) is 2.57. The van der Waals surface area contributed by atoms with Crippen molar-refractivity contribution in [1.29, 1.82) is 0 Å². The number of thiazole rings is 1. The predicted octanol–water partition coefficient (Wildman–Crippen LogP) is 5.03. The smallest absolute Gasteiger partial charge is 0.0963 e. The Hall–Kier alpha value is -0.890. The summed E-state index contributed by atoms with van der Waals surface area (Å²) in [6.07, 6.45) is 0. The molecule has 2 rings (SSSR count). The molecule has 0 saturated heterocycles. The Kier molecular flexibility index (Phi) is 3.03. The lowest BCUT2D eigenvalue weighted by molar-refractivity contribution is 0.587. The van der Waals surface area contributed by atoms with Crippen LogP contribution >= 0.6 is 11.3 Å². The van der Waals surface area contributed by atoms with Crippen molar-refractivity contribution in [2.24, 2.45) is 0 Å². The summed E-state index contributed by atoms with van der Waals surface area (Å²) in [6, 6.07) is 4.56. The zero-order chi connectivity index (χ0) is 12.8. The predicted molar refractivity (Wildman–Crippen MR) is 77.1 cm³/mol. The lowest BCUT2D eigenvalue weighted by Gasteiger charge is -2.21. The van der Waals surface area contributed by atoms with Gasteiger partial charge >= 0.3 is 0 Å². The van der Waals surface area contributed by atoms with Gasteiger partial charge in [-0.25, -0.2) is 4.98 Å². The fraction of sp³-hybridized carbons (Fsp3) is 0.533. The van der Waals surface area contributed by atoms with Crippen LogP contribution in [0.4, 0.5) is 0 Å². The Morgan fingerprint density at radius 2 is 1.82 bits per heavy atom. The number of nitrogens with zero attached hydrogens (tertiary/aromatic N) is 1. The first kappa shape index (κ1) is 12.6. The first-order valence-corrected chi connectivity index (χ1v) is 7.02. The van der Waals surface area contributed by atoms with Crippen molar-refractivity contribution in [2.45, 2.75) is 52.9 Å². The summed E-state index contributed by atoms with van der Waals surface area (Å²) in [5.74, 6) is 0.519. The number of benzene rings is 1. The zero-order valence-corrected chi connectivity index (χ0v) is 12.4. The molecule has 0 N–H and O–H groups in total. The van der Waals surface area contributed by atoms with Gasteiger partial charge in [-0.05, 0) is 35.6 Å². The van der Waals surface area contributed by atoms with Crippen molar-refractivity contribution in [2.75, 3.05) is 0 Å². The Labute approximate surface area is 108 Å². The van der Waals surface area contributed by atoms with Crippen LogP contribution in [0.2, 0.25) is 0 Å². The van der Waals surface area contributed by atoms with Crippen LogP contribution < -0.4 is 0 Å². The normalized spacial score (nSPS) is 12.6. The molecular formula is C15H21NS. The van der Waals surface area contributed by atoms with Crippen molar-refractivity contribution in [1.82, 2.24) is 4.98 Å². The molecule has 1 aromatic heterocycles. The molecule has 0 unspecified atom stereocenters. The highest BCUT2D eigenvalue weighted by Gasteiger charge is 2.18. The molecular weight excluding hydrogens is 226 g/mol. The second-order valence-corrected chi connectivity index (χ2v) is 7.15. The van der Waals surface area contributed by atoms with E-state index in [0.717, 1.165) is 5.52 Å². The third kappa shape index (κ3) is 2.37. The number of fused-ring (bicyclic) bond motifs is 1. The Bertz CT molecular complexity index is 544. The van der Waals surface area contributed by atoms with Gasteiger partial charge in [-0.15, -0.1) is 11.3 Å². The summed E-state index contributed by atoms with van der Waals surface area (Å²) in [5, 5.41) is 1.24. The second-order valence-electron chi connectivity index (χ2n) is 6.09. The molecule has 1 nitrogen and oxygen atoms in total. The summed E-state index contributed by atoms with van der Waals surface area (Å²) in [6.45, 7) is 13.4. The van der Waals surface area contributed by atoms with E-state index in [2.05, 4.69) is 53.7 Å². The SMILES string of the molecule is Cc1cc2nc(C(C)C)sc2cc1C(C)(C)C. The molecule has 0 aliphatic carbocycles. The molecule has 92 valence electrons. The van der Waals surface area contributed by atoms with Crippen molar-refractivity contribution < 1.29 is 0 Å². The molecule has 0 bridgehead atoms. The van der Waals surface area contributed by atoms with E-state index in [1.807, 2.05) is 11.3 Å². The summed E-state index contributed by atoms with van der Waals surface area (Å²) in [5.41, 5.74) is 4.15. The third-order valence-electron chi connectivity index (χ3n) is 3.05. The van der Waals surface area contributed by atoms with E-state index in [1.54, 1.807) is 0 Å². The van der Waals surface area contributed by atoms with Crippen LogP contribution in [0.5, 0.6) is 0 Å². The molecule has 0 atom stereocenters. The molecule has 1 aromatic carbocycles. The van der Waals surface area contributed by atoms with Crippen molar-refractivity contribution in [3.8, 4) is 0 Å². The van der Waals surface area contributed by atoms with Crippen LogP contribution in [0, 0.1) is 6.92 Å². The Morgan fingerprint density at radius 3 is 2.35 bits per heavy atom. The summed E-state index contributed by atoms with van der Waals surface area (Å²) < 4.78 is 1.32. The molecule has 1 heterocycles. The zero-order valence-electron chi connectivity index (χ0n) is 11.6. The van der Waals surface area contributed by atoms with E-state index in [9.17, 15) is 0 Å². The van der Waals surface area contributed by atoms with Gasteiger partial charge < -0.3 is 0 Å². The first-order chi connectivity index (χ1) is 7.79. The topological polar surface area (TPSA) is 12.9 Å². The standard InChI is InChI=1S/C15H21NS/c1-9(2)14-16-12-7-10(3)11(15(4,5)6)8-13(12)17-14/h7-9H,1-6H3. The number of aromatic nitrogens is 1. The Morgan fingerprint density at radius 1 is 1.18 bits per heavy atom. The average molecular weight is 247 g/mol. The monoisotopic (exact) mass is 247 g/mol. The summed E-state index contributed by atoms with van der Waals surface area (Å²) in [7, 11) is 0. The van der Waals surface area contributed by atoms with E-state index in [1.165, 1.54) is 20.8 Å². The molecule has 2 heteroatoms. The van der Waals surface area contributed by atoms with Crippen LogP contribution in [0.15, 0.2) is 12.1 Å². The maximum Gasteiger partial charge on any atom is 0.0963 e. The second kappa shape index (κ2) is 4.09. The first-order valence-electron chi connectivity index (χ1n) is 6.20. The lowest BCUT2D eigenvalue weighted by atomic mass is 9.84. The third-order valence-corrected chi connectivity index (χ3v) is 4.37. The van der Waals surface area contributed by atoms with E-state index in [4.69, 9.17) is 4.98 Å². The van der Waals surface area contributed by atoms with E-state index < -0.39 is 0 Å². The van der Waals surface area contributed by atoms with Crippen molar-refractivity contribution in [3.63, 3.8) is 0 Å². The number of aryl methyl sites for hydroxylation is 1. The van der Waals surface area contributed by atoms with Gasteiger partial charge in [0.2, 0.25) is 0 Å². The molecule has 0 aliphatic rings. The van der Waals surface area contributed by atoms with E-state index in [-0.39, 0.29) is 5.41 Å². The van der Waals surface area contributed by atoms with Crippen LogP contribution in [0.3, 0.4) is 0 Å². The van der Waals surface area contributed by atoms with Crippen LogP contribution in [-0.2, 0) is 5.41 Å². The lowest BCUT2D eigenvalue weighted by Crippen LogP contribution is -2.12. The fourth-order valence-corrected chi connectivity index (χ4v) is 3.14. The maximum absolute atomic E-state index is 4.71. The minimum absolute atomic E-state index is 0.209. The molecule has 0 saturated carbocycles. The van der Waals surface area contributed by atoms with Gasteiger partial charge in [0.05, 0.1) is 15.2 Å². The minimum atomic E-state index is 0.209. The summed E-state index contributed by atoms with van der Waals surface area (Å²) in [4.78, 5) is 4.71. The minimum Gasteiger partial charge on any atom is -0.241 e. The van der Waals surface area contributed by atoms with Crippen LogP contribution in [0.25, 0.3) is 10.2 Å². The number of rotatable bonds is 1. The number of hydrogen-bond acceptors (Lipinski definition) is 2. The molecule has 2 aromatic rings. The van der Waals surface area contributed by atoms with Gasteiger partial charge in [-0.2, -0.15) is 0 Å². The molecule has 0 fully saturated rings. The van der Waals surface area contributed by atoms with Crippen LogP contribution in [0.1, 0.15) is 56.7 Å². The largest absolute Gasteiger partial charge is 0.241 e. The van der Waals surface area contributed by atoms with Crippen molar-refractivity contribution >= 4 is 21.6 Å². The highest BCUT2D eigenvalue weighted by Crippen LogP contribution is 2.33. The van der Waals surface area contributed by atoms with Crippen LogP contribution in [-0.4, -0.2) is 4.98 Å². The van der Waals surface area contributed by atoms with Gasteiger partial charge in [0, 0.05) is 5.92 Å².